The van der Waals surface area contributed by atoms with Gasteiger partial charge in [0.05, 0.1) is 12.1 Å². The summed E-state index contributed by atoms with van der Waals surface area (Å²) in [6.45, 7) is 2.31. The summed E-state index contributed by atoms with van der Waals surface area (Å²) in [5.74, 6) is -0.930. The molecule has 1 fully saturated rings. The zero-order chi connectivity index (χ0) is 25.0. The van der Waals surface area contributed by atoms with Crippen LogP contribution in [0.25, 0.3) is 0 Å². The number of phenols is 1. The number of nitrogens with zero attached hydrogens (tertiary/aromatic N) is 2. The standard InChI is InChI=1S/C22H26Cl3N3O5S/c1-3-4-9-27(2)15-11-34-20-17(26-16(30)10-13-5-7-14(29)8-6-13)19(31)28(20)18(15)21(32)33-12-22(23,24)25/h5-8,17,20,29H,3-4,9-12H2,1-2H3,(H,26,30)/t17?,20-/m1/s1. The van der Waals surface area contributed by atoms with Crippen molar-refractivity contribution in [3.8, 4) is 5.75 Å². The first-order valence-corrected chi connectivity index (χ1v) is 12.9. The summed E-state index contributed by atoms with van der Waals surface area (Å²) in [5.41, 5.74) is 1.47. The average Bonchev–Trinajstić information content (AvgIpc) is 2.79. The molecule has 1 aromatic rings. The van der Waals surface area contributed by atoms with Crippen LogP contribution in [0.4, 0.5) is 0 Å². The van der Waals surface area contributed by atoms with Crippen molar-refractivity contribution in [2.75, 3.05) is 26.0 Å². The van der Waals surface area contributed by atoms with Gasteiger partial charge in [0.1, 0.15) is 23.8 Å². The number of fused-ring (bicyclic) bond motifs is 1. The van der Waals surface area contributed by atoms with Gasteiger partial charge in [-0.1, -0.05) is 60.3 Å². The Bertz CT molecular complexity index is 968. The fraction of sp³-hybridized carbons (Fsp3) is 0.500. The molecule has 2 aliphatic heterocycles. The van der Waals surface area contributed by atoms with Crippen molar-refractivity contribution in [1.29, 1.82) is 0 Å². The summed E-state index contributed by atoms with van der Waals surface area (Å²) in [4.78, 5) is 41.8. The number of phenolic OH excluding ortho intramolecular Hbond substituents is 1. The van der Waals surface area contributed by atoms with E-state index in [1.165, 1.54) is 28.8 Å². The van der Waals surface area contributed by atoms with Gasteiger partial charge in [0.15, 0.2) is 5.70 Å². The van der Waals surface area contributed by atoms with Crippen molar-refractivity contribution in [1.82, 2.24) is 15.1 Å². The van der Waals surface area contributed by atoms with Crippen LogP contribution in [0.1, 0.15) is 25.3 Å². The number of amides is 2. The number of aromatic hydroxyl groups is 1. The van der Waals surface area contributed by atoms with Gasteiger partial charge in [-0.2, -0.15) is 0 Å². The van der Waals surface area contributed by atoms with Gasteiger partial charge < -0.3 is 20.1 Å². The van der Waals surface area contributed by atoms with Crippen molar-refractivity contribution in [3.05, 3.63) is 41.2 Å². The Hall–Kier alpha value is -1.81. The molecule has 8 nitrogen and oxygen atoms in total. The number of halogens is 3. The number of alkyl halides is 3. The van der Waals surface area contributed by atoms with E-state index in [-0.39, 0.29) is 23.8 Å². The fourth-order valence-electron chi connectivity index (χ4n) is 3.65. The van der Waals surface area contributed by atoms with E-state index in [0.717, 1.165) is 12.8 Å². The summed E-state index contributed by atoms with van der Waals surface area (Å²) < 4.78 is 3.43. The highest BCUT2D eigenvalue weighted by Gasteiger charge is 2.55. The second-order valence-electron chi connectivity index (χ2n) is 8.06. The summed E-state index contributed by atoms with van der Waals surface area (Å²) in [6, 6.07) is 5.49. The second kappa shape index (κ2) is 11.3. The predicted octanol–water partition coefficient (Wildman–Crippen LogP) is 3.19. The highest BCUT2D eigenvalue weighted by Crippen LogP contribution is 2.41. The minimum Gasteiger partial charge on any atom is -0.508 e. The van der Waals surface area contributed by atoms with Gasteiger partial charge in [-0.25, -0.2) is 4.79 Å². The number of thioether (sulfide) groups is 1. The molecule has 0 spiro atoms. The van der Waals surface area contributed by atoms with Crippen molar-refractivity contribution in [3.63, 3.8) is 0 Å². The molecular weight excluding hydrogens is 525 g/mol. The maximum atomic E-state index is 13.1. The van der Waals surface area contributed by atoms with Crippen molar-refractivity contribution in [2.24, 2.45) is 0 Å². The Morgan fingerprint density at radius 3 is 2.59 bits per heavy atom. The topological polar surface area (TPSA) is 99.2 Å². The number of hydrogen-bond donors (Lipinski definition) is 2. The molecule has 12 heteroatoms. The highest BCUT2D eigenvalue weighted by atomic mass is 35.6. The number of ether oxygens (including phenoxy) is 1. The van der Waals surface area contributed by atoms with E-state index in [2.05, 4.69) is 12.2 Å². The van der Waals surface area contributed by atoms with Crippen LogP contribution in [-0.2, 0) is 25.5 Å². The third kappa shape index (κ3) is 6.44. The van der Waals surface area contributed by atoms with E-state index in [4.69, 9.17) is 39.5 Å². The normalized spacial score (nSPS) is 19.9. The minimum atomic E-state index is -1.78. The maximum Gasteiger partial charge on any atom is 0.357 e. The monoisotopic (exact) mass is 549 g/mol. The number of hydrogen-bond acceptors (Lipinski definition) is 7. The van der Waals surface area contributed by atoms with E-state index in [9.17, 15) is 19.5 Å². The van der Waals surface area contributed by atoms with Gasteiger partial charge in [-0.05, 0) is 24.1 Å². The van der Waals surface area contributed by atoms with Gasteiger partial charge in [-0.15, -0.1) is 11.8 Å². The Balaban J connectivity index is 1.75. The van der Waals surface area contributed by atoms with Crippen LogP contribution in [-0.4, -0.2) is 73.9 Å². The lowest BCUT2D eigenvalue weighted by molar-refractivity contribution is -0.153. The van der Waals surface area contributed by atoms with Crippen LogP contribution in [0.3, 0.4) is 0 Å². The lowest BCUT2D eigenvalue weighted by Crippen LogP contribution is -2.71. The first kappa shape index (κ1) is 26.8. The maximum absolute atomic E-state index is 13.1. The molecule has 0 radical (unpaired) electrons. The van der Waals surface area contributed by atoms with E-state index in [1.54, 1.807) is 12.1 Å². The summed E-state index contributed by atoms with van der Waals surface area (Å²) in [5, 5.41) is 11.7. The Kier molecular flexibility index (Phi) is 8.89. The van der Waals surface area contributed by atoms with Gasteiger partial charge in [0, 0.05) is 19.3 Å². The Morgan fingerprint density at radius 2 is 1.97 bits per heavy atom. The number of nitrogens with one attached hydrogen (secondary N) is 1. The molecule has 186 valence electrons. The van der Waals surface area contributed by atoms with Crippen LogP contribution in [0.5, 0.6) is 5.75 Å². The average molecular weight is 551 g/mol. The molecule has 0 bridgehead atoms. The number of esters is 1. The lowest BCUT2D eigenvalue weighted by Gasteiger charge is -2.50. The van der Waals surface area contributed by atoms with Crippen LogP contribution in [0.2, 0.25) is 0 Å². The molecular formula is C22H26Cl3N3O5S. The van der Waals surface area contributed by atoms with Crippen LogP contribution < -0.4 is 5.32 Å². The SMILES string of the molecule is CCCCN(C)C1=C(C(=O)OCC(Cl)(Cl)Cl)N2C(=O)C(NC(=O)Cc3ccc(O)cc3)[C@H]2SC1. The molecule has 2 aliphatic rings. The molecule has 2 amide bonds. The summed E-state index contributed by atoms with van der Waals surface area (Å²) in [6.07, 6.45) is 1.94. The van der Waals surface area contributed by atoms with Crippen molar-refractivity contribution >= 4 is 64.3 Å². The van der Waals surface area contributed by atoms with E-state index >= 15 is 0 Å². The molecule has 2 heterocycles. The first-order chi connectivity index (χ1) is 16.0. The van der Waals surface area contributed by atoms with E-state index in [0.29, 0.717) is 23.6 Å². The smallest absolute Gasteiger partial charge is 0.357 e. The third-order valence-electron chi connectivity index (χ3n) is 5.43. The first-order valence-electron chi connectivity index (χ1n) is 10.7. The minimum absolute atomic E-state index is 0.0560. The molecule has 1 aromatic carbocycles. The quantitative estimate of drug-likeness (QED) is 0.277. The second-order valence-corrected chi connectivity index (χ2v) is 11.7. The molecule has 3 rings (SSSR count). The number of carbonyl (C=O) groups is 3. The Labute approximate surface area is 217 Å². The van der Waals surface area contributed by atoms with Crippen LogP contribution in [0.15, 0.2) is 35.7 Å². The molecule has 2 atom stereocenters. The number of carbonyl (C=O) groups excluding carboxylic acids is 3. The fourth-order valence-corrected chi connectivity index (χ4v) is 5.24. The number of β-lactam (4-membered cyclic amide) rings is 1. The van der Waals surface area contributed by atoms with E-state index < -0.39 is 33.7 Å². The number of rotatable bonds is 9. The summed E-state index contributed by atoms with van der Waals surface area (Å²) >= 11 is 18.6. The van der Waals surface area contributed by atoms with E-state index in [1.807, 2.05) is 11.9 Å². The molecule has 1 saturated heterocycles. The third-order valence-corrected chi connectivity index (χ3v) is 7.03. The van der Waals surface area contributed by atoms with Gasteiger partial charge in [0.2, 0.25) is 9.70 Å². The van der Waals surface area contributed by atoms with Crippen LogP contribution >= 0.6 is 46.6 Å². The number of unbranched alkanes of at least 4 members (excludes halogenated alkanes) is 1. The van der Waals surface area contributed by atoms with Crippen molar-refractivity contribution in [2.45, 2.75) is 41.4 Å². The van der Waals surface area contributed by atoms with Crippen molar-refractivity contribution < 1.29 is 24.2 Å². The van der Waals surface area contributed by atoms with Gasteiger partial charge in [0.25, 0.3) is 5.91 Å². The van der Waals surface area contributed by atoms with Crippen LogP contribution in [0, 0.1) is 0 Å². The van der Waals surface area contributed by atoms with Gasteiger partial charge in [-0.3, -0.25) is 14.5 Å². The molecule has 0 aromatic heterocycles. The zero-order valence-corrected chi connectivity index (χ0v) is 21.8. The highest BCUT2D eigenvalue weighted by molar-refractivity contribution is 8.00. The van der Waals surface area contributed by atoms with Gasteiger partial charge >= 0.3 is 5.97 Å². The molecule has 2 N–H and O–H groups in total. The lowest BCUT2D eigenvalue weighted by atomic mass is 10.0. The largest absolute Gasteiger partial charge is 0.508 e. The molecule has 0 aliphatic carbocycles. The molecule has 1 unspecified atom stereocenters. The summed E-state index contributed by atoms with van der Waals surface area (Å²) in [7, 11) is 1.86. The molecule has 0 saturated carbocycles. The Morgan fingerprint density at radius 1 is 1.29 bits per heavy atom. The number of benzene rings is 1. The zero-order valence-electron chi connectivity index (χ0n) is 18.7. The molecule has 34 heavy (non-hydrogen) atoms. The predicted molar refractivity (Wildman–Crippen MR) is 133 cm³/mol.